The zero-order valence-corrected chi connectivity index (χ0v) is 9.51. The Morgan fingerprint density at radius 3 is 2.12 bits per heavy atom. The van der Waals surface area contributed by atoms with Gasteiger partial charge < -0.3 is 14.6 Å². The number of hydrogen-bond acceptors (Lipinski definition) is 5. The molecule has 0 spiro atoms. The van der Waals surface area contributed by atoms with E-state index in [0.29, 0.717) is 0 Å². The molecular formula is C12H14O5. The molecule has 1 rings (SSSR count). The van der Waals surface area contributed by atoms with Crippen molar-refractivity contribution in [2.75, 3.05) is 19.8 Å². The van der Waals surface area contributed by atoms with Crippen LogP contribution in [0.1, 0.15) is 27.6 Å². The predicted molar refractivity (Wildman–Crippen MR) is 59.8 cm³/mol. The number of carbonyl (C=O) groups is 2. The second-order valence-corrected chi connectivity index (χ2v) is 3.13. The molecule has 1 N–H and O–H groups in total. The SMILES string of the molecule is CCOC(=O)c1ccccc1C(=O)OCCO. The van der Waals surface area contributed by atoms with Crippen molar-refractivity contribution in [3.8, 4) is 0 Å². The van der Waals surface area contributed by atoms with Crippen LogP contribution in [0.25, 0.3) is 0 Å². The number of benzene rings is 1. The van der Waals surface area contributed by atoms with E-state index in [9.17, 15) is 9.59 Å². The van der Waals surface area contributed by atoms with Crippen molar-refractivity contribution in [2.45, 2.75) is 6.92 Å². The molecule has 0 unspecified atom stereocenters. The summed E-state index contributed by atoms with van der Waals surface area (Å²) in [6.07, 6.45) is 0. The molecule has 0 saturated carbocycles. The van der Waals surface area contributed by atoms with Gasteiger partial charge in [0.05, 0.1) is 24.3 Å². The van der Waals surface area contributed by atoms with Crippen LogP contribution >= 0.6 is 0 Å². The van der Waals surface area contributed by atoms with Crippen LogP contribution in [0.4, 0.5) is 0 Å². The summed E-state index contributed by atoms with van der Waals surface area (Å²) < 4.78 is 9.58. The predicted octanol–water partition coefficient (Wildman–Crippen LogP) is 1.01. The van der Waals surface area contributed by atoms with Gasteiger partial charge in [0, 0.05) is 0 Å². The lowest BCUT2D eigenvalue weighted by atomic mass is 10.1. The molecule has 1 aromatic rings. The molecule has 1 aromatic carbocycles. The normalized spacial score (nSPS) is 9.76. The van der Waals surface area contributed by atoms with Gasteiger partial charge in [0.2, 0.25) is 0 Å². The van der Waals surface area contributed by atoms with E-state index in [1.807, 2.05) is 0 Å². The first-order chi connectivity index (χ1) is 8.20. The lowest BCUT2D eigenvalue weighted by molar-refractivity contribution is 0.0415. The van der Waals surface area contributed by atoms with Gasteiger partial charge in [-0.05, 0) is 19.1 Å². The van der Waals surface area contributed by atoms with Gasteiger partial charge in [0.15, 0.2) is 0 Å². The van der Waals surface area contributed by atoms with Gasteiger partial charge in [-0.15, -0.1) is 0 Å². The van der Waals surface area contributed by atoms with E-state index in [4.69, 9.17) is 14.6 Å². The van der Waals surface area contributed by atoms with Gasteiger partial charge in [-0.2, -0.15) is 0 Å². The summed E-state index contributed by atoms with van der Waals surface area (Å²) in [4.78, 5) is 23.2. The summed E-state index contributed by atoms with van der Waals surface area (Å²) in [6, 6.07) is 6.23. The third-order valence-electron chi connectivity index (χ3n) is 1.97. The minimum atomic E-state index is -0.650. The molecule has 0 saturated heterocycles. The van der Waals surface area contributed by atoms with Gasteiger partial charge in [-0.25, -0.2) is 9.59 Å². The zero-order chi connectivity index (χ0) is 12.7. The van der Waals surface area contributed by atoms with Crippen molar-refractivity contribution in [1.29, 1.82) is 0 Å². The van der Waals surface area contributed by atoms with Gasteiger partial charge in [0.1, 0.15) is 6.61 Å². The number of carbonyl (C=O) groups excluding carboxylic acids is 2. The molecule has 0 aliphatic rings. The molecule has 0 fully saturated rings. The third kappa shape index (κ3) is 3.57. The van der Waals surface area contributed by atoms with E-state index in [2.05, 4.69) is 0 Å². The molecule has 17 heavy (non-hydrogen) atoms. The fourth-order valence-electron chi connectivity index (χ4n) is 1.26. The van der Waals surface area contributed by atoms with E-state index in [-0.39, 0.29) is 30.9 Å². The molecule has 0 atom stereocenters. The maximum Gasteiger partial charge on any atom is 0.339 e. The molecule has 0 bridgehead atoms. The molecule has 0 amide bonds. The zero-order valence-electron chi connectivity index (χ0n) is 9.51. The van der Waals surface area contributed by atoms with E-state index in [0.717, 1.165) is 0 Å². The Kier molecular flexibility index (Phi) is 5.16. The minimum Gasteiger partial charge on any atom is -0.462 e. The first-order valence-corrected chi connectivity index (χ1v) is 5.24. The third-order valence-corrected chi connectivity index (χ3v) is 1.97. The lowest BCUT2D eigenvalue weighted by Crippen LogP contribution is -2.15. The van der Waals surface area contributed by atoms with Crippen LogP contribution in [-0.2, 0) is 9.47 Å². The molecule has 5 nitrogen and oxygen atoms in total. The second-order valence-electron chi connectivity index (χ2n) is 3.13. The van der Waals surface area contributed by atoms with E-state index >= 15 is 0 Å². The summed E-state index contributed by atoms with van der Waals surface area (Å²) in [5.74, 6) is -1.22. The fourth-order valence-corrected chi connectivity index (χ4v) is 1.26. The van der Waals surface area contributed by atoms with Crippen molar-refractivity contribution in [2.24, 2.45) is 0 Å². The summed E-state index contributed by atoms with van der Waals surface area (Å²) in [5.41, 5.74) is 0.302. The monoisotopic (exact) mass is 238 g/mol. The summed E-state index contributed by atoms with van der Waals surface area (Å²) in [5, 5.41) is 8.56. The van der Waals surface area contributed by atoms with Crippen LogP contribution in [0.3, 0.4) is 0 Å². The van der Waals surface area contributed by atoms with Crippen LogP contribution in [-0.4, -0.2) is 36.9 Å². The topological polar surface area (TPSA) is 72.8 Å². The molecule has 0 heterocycles. The highest BCUT2D eigenvalue weighted by atomic mass is 16.5. The van der Waals surface area contributed by atoms with E-state index < -0.39 is 11.9 Å². The fraction of sp³-hybridized carbons (Fsp3) is 0.333. The van der Waals surface area contributed by atoms with Crippen molar-refractivity contribution >= 4 is 11.9 Å². The average Bonchev–Trinajstić information content (AvgIpc) is 2.36. The molecular weight excluding hydrogens is 224 g/mol. The Labute approximate surface area is 99.0 Å². The molecule has 92 valence electrons. The van der Waals surface area contributed by atoms with Crippen LogP contribution < -0.4 is 0 Å². The number of aliphatic hydroxyl groups excluding tert-OH is 1. The quantitative estimate of drug-likeness (QED) is 0.775. The second kappa shape index (κ2) is 6.65. The number of esters is 2. The number of aliphatic hydroxyl groups is 1. The van der Waals surface area contributed by atoms with Crippen molar-refractivity contribution < 1.29 is 24.2 Å². The van der Waals surface area contributed by atoms with Crippen molar-refractivity contribution in [3.63, 3.8) is 0 Å². The van der Waals surface area contributed by atoms with Crippen LogP contribution in [0.5, 0.6) is 0 Å². The number of rotatable bonds is 5. The van der Waals surface area contributed by atoms with Crippen molar-refractivity contribution in [3.05, 3.63) is 35.4 Å². The lowest BCUT2D eigenvalue weighted by Gasteiger charge is -2.08. The van der Waals surface area contributed by atoms with Gasteiger partial charge in [0.25, 0.3) is 0 Å². The van der Waals surface area contributed by atoms with Gasteiger partial charge in [-0.3, -0.25) is 0 Å². The highest BCUT2D eigenvalue weighted by molar-refractivity contribution is 6.03. The molecule has 0 aliphatic heterocycles. The first-order valence-electron chi connectivity index (χ1n) is 5.24. The smallest absolute Gasteiger partial charge is 0.339 e. The van der Waals surface area contributed by atoms with Crippen LogP contribution in [0, 0.1) is 0 Å². The van der Waals surface area contributed by atoms with E-state index in [1.54, 1.807) is 19.1 Å². The highest BCUT2D eigenvalue weighted by Crippen LogP contribution is 2.11. The first kappa shape index (κ1) is 13.2. The van der Waals surface area contributed by atoms with Crippen molar-refractivity contribution in [1.82, 2.24) is 0 Å². The minimum absolute atomic E-state index is 0.101. The van der Waals surface area contributed by atoms with Gasteiger partial charge in [-0.1, -0.05) is 12.1 Å². The Morgan fingerprint density at radius 1 is 1.12 bits per heavy atom. The molecule has 0 aliphatic carbocycles. The van der Waals surface area contributed by atoms with Gasteiger partial charge >= 0.3 is 11.9 Å². The van der Waals surface area contributed by atoms with Crippen LogP contribution in [0.2, 0.25) is 0 Å². The Bertz CT molecular complexity index is 400. The summed E-state index contributed by atoms with van der Waals surface area (Å²) in [6.45, 7) is 1.56. The molecule has 5 heteroatoms. The number of ether oxygens (including phenoxy) is 2. The Hall–Kier alpha value is -1.88. The average molecular weight is 238 g/mol. The molecule has 0 radical (unpaired) electrons. The van der Waals surface area contributed by atoms with Crippen LogP contribution in [0.15, 0.2) is 24.3 Å². The Morgan fingerprint density at radius 2 is 1.65 bits per heavy atom. The maximum absolute atomic E-state index is 11.6. The summed E-state index contributed by atoms with van der Waals surface area (Å²) in [7, 11) is 0. The maximum atomic E-state index is 11.6. The summed E-state index contributed by atoms with van der Waals surface area (Å²) >= 11 is 0. The number of hydrogen-bond donors (Lipinski definition) is 1. The Balaban J connectivity index is 2.91. The van der Waals surface area contributed by atoms with E-state index in [1.165, 1.54) is 12.1 Å². The standard InChI is InChI=1S/C12H14O5/c1-2-16-11(14)9-5-3-4-6-10(9)12(15)17-8-7-13/h3-6,13H,2,7-8H2,1H3. The largest absolute Gasteiger partial charge is 0.462 e. The molecule has 0 aromatic heterocycles. The highest BCUT2D eigenvalue weighted by Gasteiger charge is 2.18.